The van der Waals surface area contributed by atoms with Crippen LogP contribution in [0.2, 0.25) is 0 Å². The number of furan rings is 1. The molecule has 0 radical (unpaired) electrons. The zero-order valence-corrected chi connectivity index (χ0v) is 16.2. The van der Waals surface area contributed by atoms with Crippen LogP contribution < -0.4 is 10.1 Å². The molecule has 0 fully saturated rings. The Bertz CT molecular complexity index is 1080. The Morgan fingerprint density at radius 3 is 2.64 bits per heavy atom. The third kappa shape index (κ3) is 3.91. The molecule has 1 amide bonds. The molecule has 1 heterocycles. The SMILES string of the molecule is CCOc1cc2oc(C)c(C)c2cc1/C(C)=C/C(=O)Nc1ccc(F)cc1F. The quantitative estimate of drug-likeness (QED) is 0.568. The average Bonchev–Trinajstić information content (AvgIpc) is 2.90. The summed E-state index contributed by atoms with van der Waals surface area (Å²) in [6, 6.07) is 6.71. The summed E-state index contributed by atoms with van der Waals surface area (Å²) in [5, 5.41) is 3.36. The lowest BCUT2D eigenvalue weighted by Crippen LogP contribution is -2.10. The van der Waals surface area contributed by atoms with Crippen molar-refractivity contribution < 1.29 is 22.7 Å². The zero-order chi connectivity index (χ0) is 20.4. The molecule has 28 heavy (non-hydrogen) atoms. The van der Waals surface area contributed by atoms with Crippen LogP contribution in [0, 0.1) is 25.5 Å². The van der Waals surface area contributed by atoms with Crippen molar-refractivity contribution in [1.29, 1.82) is 0 Å². The van der Waals surface area contributed by atoms with Gasteiger partial charge in [-0.1, -0.05) is 0 Å². The second-order valence-electron chi connectivity index (χ2n) is 6.50. The summed E-state index contributed by atoms with van der Waals surface area (Å²) in [6.07, 6.45) is 1.36. The van der Waals surface area contributed by atoms with Gasteiger partial charge in [0.25, 0.3) is 0 Å². The molecule has 2 aromatic carbocycles. The van der Waals surface area contributed by atoms with Gasteiger partial charge in [0, 0.05) is 29.2 Å². The molecular weight excluding hydrogens is 364 g/mol. The molecule has 3 rings (SSSR count). The zero-order valence-electron chi connectivity index (χ0n) is 16.2. The molecule has 0 saturated heterocycles. The smallest absolute Gasteiger partial charge is 0.248 e. The van der Waals surface area contributed by atoms with Crippen LogP contribution in [0.25, 0.3) is 16.5 Å². The van der Waals surface area contributed by atoms with Crippen molar-refractivity contribution >= 4 is 28.1 Å². The van der Waals surface area contributed by atoms with Gasteiger partial charge in [-0.15, -0.1) is 0 Å². The summed E-state index contributed by atoms with van der Waals surface area (Å²) in [7, 11) is 0. The van der Waals surface area contributed by atoms with Crippen LogP contribution in [0.1, 0.15) is 30.7 Å². The molecule has 1 aromatic heterocycles. The fourth-order valence-electron chi connectivity index (χ4n) is 2.99. The Balaban J connectivity index is 1.96. The van der Waals surface area contributed by atoms with Gasteiger partial charge >= 0.3 is 0 Å². The van der Waals surface area contributed by atoms with Gasteiger partial charge < -0.3 is 14.5 Å². The van der Waals surface area contributed by atoms with Gasteiger partial charge in [0.1, 0.15) is 28.7 Å². The number of hydrogen-bond acceptors (Lipinski definition) is 3. The highest BCUT2D eigenvalue weighted by Crippen LogP contribution is 2.35. The van der Waals surface area contributed by atoms with E-state index in [4.69, 9.17) is 9.15 Å². The van der Waals surface area contributed by atoms with Gasteiger partial charge in [-0.3, -0.25) is 4.79 Å². The number of halogens is 2. The number of aryl methyl sites for hydroxylation is 2. The molecule has 4 nitrogen and oxygen atoms in total. The monoisotopic (exact) mass is 385 g/mol. The van der Waals surface area contributed by atoms with E-state index in [1.54, 1.807) is 6.92 Å². The number of benzene rings is 2. The number of nitrogens with one attached hydrogen (secondary N) is 1. The van der Waals surface area contributed by atoms with E-state index in [1.807, 2.05) is 32.9 Å². The maximum absolute atomic E-state index is 13.8. The number of ether oxygens (including phenoxy) is 1. The Labute approximate surface area is 161 Å². The molecule has 0 atom stereocenters. The number of hydrogen-bond donors (Lipinski definition) is 1. The molecular formula is C22H21F2NO3. The van der Waals surface area contributed by atoms with Crippen LogP contribution in [0.5, 0.6) is 5.75 Å². The van der Waals surface area contributed by atoms with Gasteiger partial charge in [0.15, 0.2) is 0 Å². The Morgan fingerprint density at radius 1 is 1.21 bits per heavy atom. The molecule has 0 spiro atoms. The number of rotatable bonds is 5. The minimum atomic E-state index is -0.833. The fourth-order valence-corrected chi connectivity index (χ4v) is 2.99. The number of fused-ring (bicyclic) bond motifs is 1. The highest BCUT2D eigenvalue weighted by atomic mass is 19.1. The summed E-state index contributed by atoms with van der Waals surface area (Å²) in [6.45, 7) is 7.96. The topological polar surface area (TPSA) is 51.5 Å². The van der Waals surface area contributed by atoms with Crippen molar-refractivity contribution in [2.24, 2.45) is 0 Å². The van der Waals surface area contributed by atoms with Crippen LogP contribution in [-0.2, 0) is 4.79 Å². The van der Waals surface area contributed by atoms with E-state index in [2.05, 4.69) is 5.32 Å². The minimum absolute atomic E-state index is 0.0859. The van der Waals surface area contributed by atoms with Crippen molar-refractivity contribution in [3.63, 3.8) is 0 Å². The molecule has 0 aliphatic rings. The first-order valence-electron chi connectivity index (χ1n) is 8.91. The number of carbonyl (C=O) groups excluding carboxylic acids is 1. The second kappa shape index (κ2) is 7.84. The van der Waals surface area contributed by atoms with Crippen LogP contribution in [0.3, 0.4) is 0 Å². The number of amides is 1. The molecule has 0 unspecified atom stereocenters. The molecule has 6 heteroatoms. The Kier molecular flexibility index (Phi) is 5.49. The third-order valence-corrected chi connectivity index (χ3v) is 4.54. The third-order valence-electron chi connectivity index (χ3n) is 4.54. The predicted octanol–water partition coefficient (Wildman–Crippen LogP) is 5.77. The summed E-state index contributed by atoms with van der Waals surface area (Å²) < 4.78 is 38.2. The van der Waals surface area contributed by atoms with Gasteiger partial charge in [0.2, 0.25) is 5.91 Å². The van der Waals surface area contributed by atoms with Crippen LogP contribution >= 0.6 is 0 Å². The van der Waals surface area contributed by atoms with E-state index in [-0.39, 0.29) is 5.69 Å². The van der Waals surface area contributed by atoms with E-state index in [0.29, 0.717) is 23.5 Å². The lowest BCUT2D eigenvalue weighted by molar-refractivity contribution is -0.111. The number of anilines is 1. The molecule has 0 bridgehead atoms. The minimum Gasteiger partial charge on any atom is -0.493 e. The van der Waals surface area contributed by atoms with Crippen LogP contribution in [-0.4, -0.2) is 12.5 Å². The van der Waals surface area contributed by atoms with Crippen molar-refractivity contribution in [3.8, 4) is 5.75 Å². The summed E-state index contributed by atoms with van der Waals surface area (Å²) >= 11 is 0. The average molecular weight is 385 g/mol. The predicted molar refractivity (Wildman–Crippen MR) is 105 cm³/mol. The lowest BCUT2D eigenvalue weighted by Gasteiger charge is -2.11. The van der Waals surface area contributed by atoms with Gasteiger partial charge in [-0.2, -0.15) is 0 Å². The van der Waals surface area contributed by atoms with Crippen molar-refractivity contribution in [3.05, 3.63) is 64.9 Å². The maximum atomic E-state index is 13.8. The molecule has 0 aliphatic heterocycles. The van der Waals surface area contributed by atoms with E-state index < -0.39 is 17.5 Å². The van der Waals surface area contributed by atoms with Gasteiger partial charge in [-0.05, 0) is 57.0 Å². The molecule has 0 saturated carbocycles. The fraction of sp³-hybridized carbons (Fsp3) is 0.227. The van der Waals surface area contributed by atoms with Crippen LogP contribution in [0.15, 0.2) is 40.8 Å². The largest absolute Gasteiger partial charge is 0.493 e. The first-order valence-corrected chi connectivity index (χ1v) is 8.91. The summed E-state index contributed by atoms with van der Waals surface area (Å²) in [5.41, 5.74) is 3.03. The molecule has 0 aliphatic carbocycles. The standard InChI is InChI=1S/C22H21F2NO3/c1-5-27-20-11-21-17(13(3)14(4)28-21)10-16(20)12(2)8-22(26)25-19-7-6-15(23)9-18(19)24/h6-11H,5H2,1-4H3,(H,25,26)/b12-8+. The summed E-state index contributed by atoms with van der Waals surface area (Å²) in [4.78, 5) is 12.3. The second-order valence-corrected chi connectivity index (χ2v) is 6.50. The summed E-state index contributed by atoms with van der Waals surface area (Å²) in [5.74, 6) is -0.646. The van der Waals surface area contributed by atoms with E-state index in [9.17, 15) is 13.6 Å². The van der Waals surface area contributed by atoms with Gasteiger partial charge in [-0.25, -0.2) is 8.78 Å². The van der Waals surface area contributed by atoms with E-state index in [0.717, 1.165) is 34.4 Å². The number of carbonyl (C=O) groups is 1. The number of allylic oxidation sites excluding steroid dienone is 1. The van der Waals surface area contributed by atoms with Crippen molar-refractivity contribution in [2.45, 2.75) is 27.7 Å². The maximum Gasteiger partial charge on any atom is 0.248 e. The Hall–Kier alpha value is -3.15. The Morgan fingerprint density at radius 2 is 1.96 bits per heavy atom. The van der Waals surface area contributed by atoms with Gasteiger partial charge in [0.05, 0.1) is 12.3 Å². The molecule has 1 N–H and O–H groups in total. The lowest BCUT2D eigenvalue weighted by atomic mass is 10.0. The van der Waals surface area contributed by atoms with Crippen molar-refractivity contribution in [2.75, 3.05) is 11.9 Å². The first kappa shape index (κ1) is 19.6. The first-order chi connectivity index (χ1) is 13.3. The van der Waals surface area contributed by atoms with E-state index in [1.165, 1.54) is 12.1 Å². The van der Waals surface area contributed by atoms with E-state index >= 15 is 0 Å². The molecule has 3 aromatic rings. The highest BCUT2D eigenvalue weighted by molar-refractivity contribution is 6.04. The normalized spacial score (nSPS) is 11.7. The molecule has 146 valence electrons. The van der Waals surface area contributed by atoms with Crippen molar-refractivity contribution in [1.82, 2.24) is 0 Å². The van der Waals surface area contributed by atoms with Crippen LogP contribution in [0.4, 0.5) is 14.5 Å². The highest BCUT2D eigenvalue weighted by Gasteiger charge is 2.15.